The SMILES string of the molecule is CC(C)C1CNCCN1Cc1ccn(C2CCCCC2)n1. The monoisotopic (exact) mass is 290 g/mol. The van der Waals surface area contributed by atoms with Crippen LogP contribution in [0.4, 0.5) is 0 Å². The van der Waals surface area contributed by atoms with E-state index in [1.165, 1.54) is 37.8 Å². The van der Waals surface area contributed by atoms with E-state index in [2.05, 4.69) is 41.0 Å². The van der Waals surface area contributed by atoms with Crippen LogP contribution in [0.25, 0.3) is 0 Å². The maximum atomic E-state index is 4.88. The van der Waals surface area contributed by atoms with Gasteiger partial charge >= 0.3 is 0 Å². The quantitative estimate of drug-likeness (QED) is 0.925. The lowest BCUT2D eigenvalue weighted by Crippen LogP contribution is -2.53. The maximum absolute atomic E-state index is 4.88. The van der Waals surface area contributed by atoms with Gasteiger partial charge in [-0.1, -0.05) is 33.1 Å². The third kappa shape index (κ3) is 3.67. The van der Waals surface area contributed by atoms with Gasteiger partial charge in [-0.25, -0.2) is 0 Å². The van der Waals surface area contributed by atoms with Gasteiger partial charge in [0.25, 0.3) is 0 Å². The fraction of sp³-hybridized carbons (Fsp3) is 0.824. The predicted molar refractivity (Wildman–Crippen MR) is 86.3 cm³/mol. The van der Waals surface area contributed by atoms with Crippen LogP contribution < -0.4 is 5.32 Å². The summed E-state index contributed by atoms with van der Waals surface area (Å²) in [5.41, 5.74) is 1.24. The molecule has 1 saturated heterocycles. The van der Waals surface area contributed by atoms with Crippen LogP contribution in [-0.2, 0) is 6.54 Å². The molecule has 1 aromatic rings. The first-order valence-corrected chi connectivity index (χ1v) is 8.73. The van der Waals surface area contributed by atoms with E-state index in [-0.39, 0.29) is 0 Å². The number of rotatable bonds is 4. The van der Waals surface area contributed by atoms with Crippen molar-refractivity contribution in [1.82, 2.24) is 20.0 Å². The molecule has 2 heterocycles. The average Bonchev–Trinajstić information content (AvgIpc) is 2.97. The van der Waals surface area contributed by atoms with E-state index in [1.54, 1.807) is 0 Å². The fourth-order valence-electron chi connectivity index (χ4n) is 3.84. The minimum Gasteiger partial charge on any atom is -0.314 e. The van der Waals surface area contributed by atoms with E-state index < -0.39 is 0 Å². The molecule has 0 radical (unpaired) electrons. The summed E-state index contributed by atoms with van der Waals surface area (Å²) in [6.45, 7) is 9.01. The first kappa shape index (κ1) is 15.0. The Hall–Kier alpha value is -0.870. The van der Waals surface area contributed by atoms with Crippen LogP contribution in [0.15, 0.2) is 12.3 Å². The molecule has 4 nitrogen and oxygen atoms in total. The highest BCUT2D eigenvalue weighted by Gasteiger charge is 2.25. The molecule has 1 atom stereocenters. The molecule has 21 heavy (non-hydrogen) atoms. The Kier molecular flexibility index (Phi) is 4.96. The van der Waals surface area contributed by atoms with E-state index in [0.29, 0.717) is 18.0 Å². The Morgan fingerprint density at radius 3 is 2.86 bits per heavy atom. The smallest absolute Gasteiger partial charge is 0.0765 e. The lowest BCUT2D eigenvalue weighted by Gasteiger charge is -2.38. The molecule has 2 aliphatic rings. The highest BCUT2D eigenvalue weighted by molar-refractivity contribution is 5.01. The Balaban J connectivity index is 1.63. The number of nitrogens with one attached hydrogen (secondary N) is 1. The van der Waals surface area contributed by atoms with Crippen LogP contribution in [0.5, 0.6) is 0 Å². The summed E-state index contributed by atoms with van der Waals surface area (Å²) in [6, 6.07) is 3.52. The van der Waals surface area contributed by atoms with E-state index in [0.717, 1.165) is 26.2 Å². The zero-order chi connectivity index (χ0) is 14.7. The van der Waals surface area contributed by atoms with Crippen molar-refractivity contribution in [2.75, 3.05) is 19.6 Å². The van der Waals surface area contributed by atoms with Crippen LogP contribution in [0, 0.1) is 5.92 Å². The summed E-state index contributed by atoms with van der Waals surface area (Å²) in [4.78, 5) is 2.61. The van der Waals surface area contributed by atoms with Crippen molar-refractivity contribution in [3.63, 3.8) is 0 Å². The third-order valence-electron chi connectivity index (χ3n) is 5.15. The van der Waals surface area contributed by atoms with Gasteiger partial charge in [-0.15, -0.1) is 0 Å². The maximum Gasteiger partial charge on any atom is 0.0765 e. The van der Waals surface area contributed by atoms with Crippen LogP contribution >= 0.6 is 0 Å². The van der Waals surface area contributed by atoms with Crippen LogP contribution in [-0.4, -0.2) is 40.4 Å². The molecule has 1 aromatic heterocycles. The third-order valence-corrected chi connectivity index (χ3v) is 5.15. The van der Waals surface area contributed by atoms with Crippen molar-refractivity contribution < 1.29 is 0 Å². The van der Waals surface area contributed by atoms with Crippen molar-refractivity contribution in [3.8, 4) is 0 Å². The lowest BCUT2D eigenvalue weighted by atomic mass is 9.96. The summed E-state index contributed by atoms with van der Waals surface area (Å²) in [6.07, 6.45) is 8.96. The van der Waals surface area contributed by atoms with Crippen LogP contribution in [0.2, 0.25) is 0 Å². The topological polar surface area (TPSA) is 33.1 Å². The highest BCUT2D eigenvalue weighted by atomic mass is 15.3. The first-order valence-electron chi connectivity index (χ1n) is 8.73. The van der Waals surface area contributed by atoms with Gasteiger partial charge in [-0.2, -0.15) is 5.10 Å². The molecule has 4 heteroatoms. The molecular weight excluding hydrogens is 260 g/mol. The standard InChI is InChI=1S/C17H30N4/c1-14(2)17-12-18-9-11-20(17)13-15-8-10-21(19-15)16-6-4-3-5-7-16/h8,10,14,16-18H,3-7,9,11-13H2,1-2H3. The molecule has 1 aliphatic heterocycles. The molecule has 1 N–H and O–H groups in total. The van der Waals surface area contributed by atoms with E-state index in [9.17, 15) is 0 Å². The number of aromatic nitrogens is 2. The summed E-state index contributed by atoms with van der Waals surface area (Å²) in [7, 11) is 0. The molecule has 0 amide bonds. The Morgan fingerprint density at radius 2 is 2.10 bits per heavy atom. The fourth-order valence-corrected chi connectivity index (χ4v) is 3.84. The van der Waals surface area contributed by atoms with Crippen molar-refractivity contribution >= 4 is 0 Å². The summed E-state index contributed by atoms with van der Waals surface area (Å²) < 4.78 is 2.24. The summed E-state index contributed by atoms with van der Waals surface area (Å²) >= 11 is 0. The van der Waals surface area contributed by atoms with Gasteiger partial charge in [-0.05, 0) is 24.8 Å². The second-order valence-corrected chi connectivity index (χ2v) is 7.06. The van der Waals surface area contributed by atoms with Gasteiger partial charge < -0.3 is 5.32 Å². The molecule has 118 valence electrons. The minimum atomic E-state index is 0.638. The van der Waals surface area contributed by atoms with Gasteiger partial charge in [0.15, 0.2) is 0 Å². The Bertz CT molecular complexity index is 434. The number of piperazine rings is 1. The second kappa shape index (κ2) is 6.93. The van der Waals surface area contributed by atoms with Gasteiger partial charge in [0, 0.05) is 38.4 Å². The molecule has 3 rings (SSSR count). The van der Waals surface area contributed by atoms with Crippen molar-refractivity contribution in [2.45, 2.75) is 64.6 Å². The number of hydrogen-bond acceptors (Lipinski definition) is 3. The summed E-state index contributed by atoms with van der Waals surface area (Å²) in [5, 5.41) is 8.40. The molecule has 0 bridgehead atoms. The van der Waals surface area contributed by atoms with Crippen molar-refractivity contribution in [1.29, 1.82) is 0 Å². The minimum absolute atomic E-state index is 0.638. The average molecular weight is 290 g/mol. The zero-order valence-corrected chi connectivity index (χ0v) is 13.6. The van der Waals surface area contributed by atoms with Crippen molar-refractivity contribution in [2.24, 2.45) is 5.92 Å². The first-order chi connectivity index (χ1) is 10.2. The predicted octanol–water partition coefficient (Wildman–Crippen LogP) is 2.82. The number of hydrogen-bond donors (Lipinski definition) is 1. The molecule has 0 spiro atoms. The second-order valence-electron chi connectivity index (χ2n) is 7.06. The Labute approximate surface area is 128 Å². The van der Waals surface area contributed by atoms with Crippen molar-refractivity contribution in [3.05, 3.63) is 18.0 Å². The normalized spacial score (nSPS) is 25.6. The molecule has 1 aliphatic carbocycles. The number of nitrogens with zero attached hydrogens (tertiary/aromatic N) is 3. The summed E-state index contributed by atoms with van der Waals surface area (Å²) in [5.74, 6) is 0.693. The Morgan fingerprint density at radius 1 is 1.29 bits per heavy atom. The van der Waals surface area contributed by atoms with Gasteiger partial charge in [0.2, 0.25) is 0 Å². The van der Waals surface area contributed by atoms with Gasteiger partial charge in [0.1, 0.15) is 0 Å². The molecule has 0 aromatic carbocycles. The van der Waals surface area contributed by atoms with Gasteiger partial charge in [0.05, 0.1) is 11.7 Å². The zero-order valence-electron chi connectivity index (χ0n) is 13.6. The molecule has 1 unspecified atom stereocenters. The van der Waals surface area contributed by atoms with Crippen LogP contribution in [0.3, 0.4) is 0 Å². The highest BCUT2D eigenvalue weighted by Crippen LogP contribution is 2.27. The van der Waals surface area contributed by atoms with Gasteiger partial charge in [-0.3, -0.25) is 9.58 Å². The van der Waals surface area contributed by atoms with E-state index in [4.69, 9.17) is 5.10 Å². The van der Waals surface area contributed by atoms with E-state index >= 15 is 0 Å². The lowest BCUT2D eigenvalue weighted by molar-refractivity contribution is 0.115. The molecule has 1 saturated carbocycles. The molecular formula is C17H30N4. The van der Waals surface area contributed by atoms with E-state index in [1.807, 2.05) is 0 Å². The molecule has 2 fully saturated rings. The largest absolute Gasteiger partial charge is 0.314 e. The van der Waals surface area contributed by atoms with Crippen LogP contribution in [0.1, 0.15) is 57.7 Å².